The van der Waals surface area contributed by atoms with E-state index in [1.54, 1.807) is 29.9 Å². The molecule has 0 bridgehead atoms. The molecule has 1 aliphatic rings. The number of hydrogen-bond acceptors (Lipinski definition) is 4. The van der Waals surface area contributed by atoms with Crippen molar-refractivity contribution < 1.29 is 18.3 Å². The number of ether oxygens (including phenoxy) is 2. The van der Waals surface area contributed by atoms with Gasteiger partial charge in [0.15, 0.2) is 11.5 Å². The number of halogens is 2. The van der Waals surface area contributed by atoms with Crippen LogP contribution in [0.15, 0.2) is 24.3 Å². The fraction of sp³-hybridized carbons (Fsp3) is 0.353. The number of hydrogen-bond donors (Lipinski definition) is 1. The number of aromatic nitrogens is 2. The Bertz CT molecular complexity index is 739. The second-order valence-electron chi connectivity index (χ2n) is 5.79. The molecule has 0 atom stereocenters. The lowest BCUT2D eigenvalue weighted by Crippen LogP contribution is -2.06. The maximum atomic E-state index is 12.5. The van der Waals surface area contributed by atoms with Gasteiger partial charge in [0.2, 0.25) is 0 Å². The summed E-state index contributed by atoms with van der Waals surface area (Å²) in [6.07, 6.45) is 5.92. The molecule has 1 heterocycles. The summed E-state index contributed by atoms with van der Waals surface area (Å²) in [5.74, 6) is 1.33. The van der Waals surface area contributed by atoms with Crippen LogP contribution < -0.4 is 15.2 Å². The van der Waals surface area contributed by atoms with Crippen molar-refractivity contribution in [3.05, 3.63) is 35.5 Å². The number of nitrogens with zero attached hydrogens (tertiary/aromatic N) is 2. The molecule has 2 N–H and O–H groups in total. The quantitative estimate of drug-likeness (QED) is 0.840. The van der Waals surface area contributed by atoms with Gasteiger partial charge in [0.25, 0.3) is 0 Å². The van der Waals surface area contributed by atoms with Crippen molar-refractivity contribution in [2.24, 2.45) is 13.0 Å². The Morgan fingerprint density at radius 1 is 1.29 bits per heavy atom. The van der Waals surface area contributed by atoms with Gasteiger partial charge in [-0.05, 0) is 42.5 Å². The zero-order chi connectivity index (χ0) is 17.1. The van der Waals surface area contributed by atoms with Gasteiger partial charge in [0.1, 0.15) is 5.82 Å². The first-order valence-corrected chi connectivity index (χ1v) is 7.70. The summed E-state index contributed by atoms with van der Waals surface area (Å²) in [5.41, 5.74) is 7.28. The number of aryl methyl sites for hydroxylation is 1. The standard InChI is InChI=1S/C17H19F2N3O2/c1-22-13(9-16(20)21-22)6-4-11-5-7-14(24-17(18)19)15(8-11)23-10-12-2-3-12/h4-9,12,17H,2-3,10H2,1H3,(H2,20,21). The van der Waals surface area contributed by atoms with E-state index in [1.165, 1.54) is 6.07 Å². The van der Waals surface area contributed by atoms with Gasteiger partial charge in [-0.25, -0.2) is 0 Å². The number of nitrogens with two attached hydrogens (primary N) is 1. The lowest BCUT2D eigenvalue weighted by atomic mass is 10.1. The molecule has 2 aromatic rings. The second kappa shape index (κ2) is 6.90. The molecule has 0 saturated heterocycles. The highest BCUT2D eigenvalue weighted by Crippen LogP contribution is 2.34. The van der Waals surface area contributed by atoms with E-state index in [-0.39, 0.29) is 5.75 Å². The summed E-state index contributed by atoms with van der Waals surface area (Å²) in [7, 11) is 1.79. The molecular formula is C17H19F2N3O2. The Morgan fingerprint density at radius 3 is 2.71 bits per heavy atom. The zero-order valence-corrected chi connectivity index (χ0v) is 13.3. The first-order valence-electron chi connectivity index (χ1n) is 7.70. The summed E-state index contributed by atoms with van der Waals surface area (Å²) in [4.78, 5) is 0. The van der Waals surface area contributed by atoms with Crippen molar-refractivity contribution in [3.63, 3.8) is 0 Å². The molecule has 5 nitrogen and oxygen atoms in total. The van der Waals surface area contributed by atoms with Crippen LogP contribution in [0.5, 0.6) is 11.5 Å². The first kappa shape index (κ1) is 16.3. The Balaban J connectivity index is 1.79. The number of anilines is 1. The third kappa shape index (κ3) is 4.24. The molecule has 1 aromatic heterocycles. The normalized spacial score (nSPS) is 14.5. The van der Waals surface area contributed by atoms with E-state index < -0.39 is 6.61 Å². The SMILES string of the molecule is Cn1nc(N)cc1C=Cc1ccc(OC(F)F)c(OCC2CC2)c1. The Morgan fingerprint density at radius 2 is 2.08 bits per heavy atom. The van der Waals surface area contributed by atoms with Gasteiger partial charge in [0, 0.05) is 13.1 Å². The van der Waals surface area contributed by atoms with Crippen molar-refractivity contribution in [2.75, 3.05) is 12.3 Å². The molecule has 0 aliphatic heterocycles. The van der Waals surface area contributed by atoms with Crippen LogP contribution in [0.3, 0.4) is 0 Å². The van der Waals surface area contributed by atoms with Crippen LogP contribution in [0.1, 0.15) is 24.1 Å². The topological polar surface area (TPSA) is 62.3 Å². The van der Waals surface area contributed by atoms with Gasteiger partial charge in [-0.1, -0.05) is 12.1 Å². The van der Waals surface area contributed by atoms with Gasteiger partial charge in [-0.2, -0.15) is 13.9 Å². The molecule has 0 amide bonds. The lowest BCUT2D eigenvalue weighted by molar-refractivity contribution is -0.0515. The van der Waals surface area contributed by atoms with Crippen molar-refractivity contribution in [3.8, 4) is 11.5 Å². The van der Waals surface area contributed by atoms with Crippen molar-refractivity contribution in [1.29, 1.82) is 0 Å². The predicted octanol–water partition coefficient (Wildman–Crippen LogP) is 3.56. The van der Waals surface area contributed by atoms with Crippen LogP contribution in [-0.4, -0.2) is 23.0 Å². The molecule has 1 fully saturated rings. The Kier molecular flexibility index (Phi) is 4.69. The van der Waals surface area contributed by atoms with Crippen LogP contribution in [0.4, 0.5) is 14.6 Å². The molecule has 128 valence electrons. The summed E-state index contributed by atoms with van der Waals surface area (Å²) in [6, 6.07) is 6.62. The molecular weight excluding hydrogens is 316 g/mol. The first-order chi connectivity index (χ1) is 11.5. The molecule has 0 radical (unpaired) electrons. The highest BCUT2D eigenvalue weighted by molar-refractivity contribution is 5.70. The van der Waals surface area contributed by atoms with Gasteiger partial charge in [-0.3, -0.25) is 4.68 Å². The van der Waals surface area contributed by atoms with Crippen LogP contribution >= 0.6 is 0 Å². The highest BCUT2D eigenvalue weighted by Gasteiger charge is 2.23. The van der Waals surface area contributed by atoms with Gasteiger partial charge < -0.3 is 15.2 Å². The van der Waals surface area contributed by atoms with E-state index in [4.69, 9.17) is 10.5 Å². The molecule has 24 heavy (non-hydrogen) atoms. The van der Waals surface area contributed by atoms with E-state index in [9.17, 15) is 8.78 Å². The van der Waals surface area contributed by atoms with Crippen molar-refractivity contribution >= 4 is 18.0 Å². The largest absolute Gasteiger partial charge is 0.489 e. The average molecular weight is 335 g/mol. The summed E-state index contributed by atoms with van der Waals surface area (Å²) < 4.78 is 36.9. The number of nitrogen functional groups attached to an aromatic ring is 1. The lowest BCUT2D eigenvalue weighted by Gasteiger charge is -2.12. The monoisotopic (exact) mass is 335 g/mol. The van der Waals surface area contributed by atoms with E-state index in [0.29, 0.717) is 24.1 Å². The molecule has 1 saturated carbocycles. The second-order valence-corrected chi connectivity index (χ2v) is 5.79. The summed E-state index contributed by atoms with van der Waals surface area (Å²) in [6.45, 7) is -2.36. The number of rotatable bonds is 7. The minimum atomic E-state index is -2.88. The van der Waals surface area contributed by atoms with E-state index in [1.807, 2.05) is 12.2 Å². The fourth-order valence-electron chi connectivity index (χ4n) is 2.27. The molecule has 0 spiro atoms. The zero-order valence-electron chi connectivity index (χ0n) is 13.3. The van der Waals surface area contributed by atoms with Crippen LogP contribution in [-0.2, 0) is 7.05 Å². The minimum Gasteiger partial charge on any atom is -0.489 e. The Labute approximate surface area is 138 Å². The minimum absolute atomic E-state index is 0.0487. The highest BCUT2D eigenvalue weighted by atomic mass is 19.3. The number of benzene rings is 1. The maximum absolute atomic E-state index is 12.5. The number of alkyl halides is 2. The summed E-state index contributed by atoms with van der Waals surface area (Å²) >= 11 is 0. The average Bonchev–Trinajstić information content (AvgIpc) is 3.29. The predicted molar refractivity (Wildman–Crippen MR) is 87.8 cm³/mol. The smallest absolute Gasteiger partial charge is 0.387 e. The molecule has 1 aromatic carbocycles. The Hall–Kier alpha value is -2.57. The fourth-order valence-corrected chi connectivity index (χ4v) is 2.27. The van der Waals surface area contributed by atoms with Crippen molar-refractivity contribution in [1.82, 2.24) is 9.78 Å². The maximum Gasteiger partial charge on any atom is 0.387 e. The van der Waals surface area contributed by atoms with Crippen molar-refractivity contribution in [2.45, 2.75) is 19.5 Å². The van der Waals surface area contributed by atoms with E-state index in [2.05, 4.69) is 9.84 Å². The molecule has 3 rings (SSSR count). The molecule has 1 aliphatic carbocycles. The van der Waals surface area contributed by atoms with E-state index >= 15 is 0 Å². The third-order valence-corrected chi connectivity index (χ3v) is 3.74. The molecule has 7 heteroatoms. The van der Waals surface area contributed by atoms with Crippen LogP contribution in [0, 0.1) is 5.92 Å². The van der Waals surface area contributed by atoms with Crippen LogP contribution in [0.25, 0.3) is 12.2 Å². The van der Waals surface area contributed by atoms with Gasteiger partial charge in [0.05, 0.1) is 12.3 Å². The van der Waals surface area contributed by atoms with Gasteiger partial charge >= 0.3 is 6.61 Å². The summed E-state index contributed by atoms with van der Waals surface area (Å²) in [5, 5.41) is 4.06. The van der Waals surface area contributed by atoms with Crippen LogP contribution in [0.2, 0.25) is 0 Å². The van der Waals surface area contributed by atoms with Gasteiger partial charge in [-0.15, -0.1) is 0 Å². The third-order valence-electron chi connectivity index (χ3n) is 3.74. The van der Waals surface area contributed by atoms with E-state index in [0.717, 1.165) is 24.1 Å². The molecule has 0 unspecified atom stereocenters.